The molecule has 6 heteroatoms. The van der Waals surface area contributed by atoms with Crippen LogP contribution in [0.5, 0.6) is 0 Å². The molecule has 1 aromatic carbocycles. The summed E-state index contributed by atoms with van der Waals surface area (Å²) in [6.07, 6.45) is 0.879. The van der Waals surface area contributed by atoms with E-state index in [0.717, 1.165) is 20.5 Å². The highest BCUT2D eigenvalue weighted by molar-refractivity contribution is 8.01. The number of thioether (sulfide) groups is 1. The predicted molar refractivity (Wildman–Crippen MR) is 89.9 cm³/mol. The largest absolute Gasteiger partial charge is 0.369 e. The van der Waals surface area contributed by atoms with Crippen molar-refractivity contribution in [1.82, 2.24) is 4.98 Å². The van der Waals surface area contributed by atoms with Crippen molar-refractivity contribution in [1.29, 1.82) is 5.26 Å². The fourth-order valence-corrected chi connectivity index (χ4v) is 4.35. The number of nitrogens with two attached hydrogens (primary N) is 1. The highest BCUT2D eigenvalue weighted by Gasteiger charge is 2.16. The number of nitrogens with zero attached hydrogens (tertiary/aromatic N) is 2. The van der Waals surface area contributed by atoms with Crippen LogP contribution in [0.15, 0.2) is 28.6 Å². The van der Waals surface area contributed by atoms with Gasteiger partial charge in [0, 0.05) is 4.88 Å². The van der Waals surface area contributed by atoms with Gasteiger partial charge in [-0.15, -0.1) is 11.3 Å². The van der Waals surface area contributed by atoms with Gasteiger partial charge in [0.05, 0.1) is 18.2 Å². The van der Waals surface area contributed by atoms with E-state index >= 15 is 0 Å². The summed E-state index contributed by atoms with van der Waals surface area (Å²) in [5, 5.41) is 9.16. The smallest absolute Gasteiger partial charge is 0.222 e. The standard InChI is InChI=1S/C16H17N3OS2/c1-10-3-5-12(6-4-10)7-13(9-17)21-16-19-11(2)14(22-16)8-15(18)20/h3-6,13H,7-8H2,1-2H3,(H2,18,20). The van der Waals surface area contributed by atoms with Crippen molar-refractivity contribution in [2.45, 2.75) is 36.3 Å². The Hall–Kier alpha value is -1.84. The van der Waals surface area contributed by atoms with Gasteiger partial charge in [-0.3, -0.25) is 4.79 Å². The SMILES string of the molecule is Cc1ccc(CC(C#N)Sc2nc(C)c(CC(N)=O)s2)cc1. The quantitative estimate of drug-likeness (QED) is 0.825. The van der Waals surface area contributed by atoms with Gasteiger partial charge in [-0.1, -0.05) is 41.6 Å². The lowest BCUT2D eigenvalue weighted by Crippen LogP contribution is -2.13. The zero-order chi connectivity index (χ0) is 16.1. The summed E-state index contributed by atoms with van der Waals surface area (Å²) in [7, 11) is 0. The van der Waals surface area contributed by atoms with Crippen LogP contribution in [0.1, 0.15) is 21.7 Å². The highest BCUT2D eigenvalue weighted by atomic mass is 32.2. The minimum atomic E-state index is -0.361. The van der Waals surface area contributed by atoms with E-state index in [1.54, 1.807) is 0 Å². The van der Waals surface area contributed by atoms with Crippen LogP contribution in [-0.2, 0) is 17.6 Å². The summed E-state index contributed by atoms with van der Waals surface area (Å²) < 4.78 is 0.812. The number of amides is 1. The maximum atomic E-state index is 11.0. The summed E-state index contributed by atoms with van der Waals surface area (Å²) in [5.74, 6) is -0.361. The number of aryl methyl sites for hydroxylation is 2. The fourth-order valence-electron chi connectivity index (χ4n) is 1.95. The zero-order valence-corrected chi connectivity index (χ0v) is 14.1. The van der Waals surface area contributed by atoms with Gasteiger partial charge in [-0.25, -0.2) is 4.98 Å². The van der Waals surface area contributed by atoms with Crippen molar-refractivity contribution < 1.29 is 4.79 Å². The molecule has 4 nitrogen and oxygen atoms in total. The molecule has 114 valence electrons. The fraction of sp³-hybridized carbons (Fsp3) is 0.312. The molecule has 0 saturated carbocycles. The van der Waals surface area contributed by atoms with Crippen molar-refractivity contribution in [2.75, 3.05) is 0 Å². The molecule has 2 aromatic rings. The van der Waals surface area contributed by atoms with Gasteiger partial charge < -0.3 is 5.73 Å². The summed E-state index contributed by atoms with van der Waals surface area (Å²) in [6.45, 7) is 3.90. The molecule has 1 aromatic heterocycles. The van der Waals surface area contributed by atoms with Gasteiger partial charge in [0.2, 0.25) is 5.91 Å². The molecule has 1 atom stereocenters. The van der Waals surface area contributed by atoms with Crippen LogP contribution in [0.25, 0.3) is 0 Å². The Labute approximate surface area is 138 Å². The van der Waals surface area contributed by atoms with Crippen molar-refractivity contribution in [3.05, 3.63) is 46.0 Å². The number of rotatable bonds is 6. The molecule has 1 heterocycles. The third-order valence-corrected chi connectivity index (χ3v) is 5.48. The lowest BCUT2D eigenvalue weighted by atomic mass is 10.1. The first kappa shape index (κ1) is 16.5. The van der Waals surface area contributed by atoms with E-state index in [2.05, 4.69) is 11.1 Å². The lowest BCUT2D eigenvalue weighted by Gasteiger charge is -2.07. The Morgan fingerprint density at radius 3 is 2.68 bits per heavy atom. The Morgan fingerprint density at radius 1 is 1.41 bits per heavy atom. The molecule has 2 rings (SSSR count). The van der Waals surface area contributed by atoms with Crippen LogP contribution in [0.3, 0.4) is 0 Å². The maximum absolute atomic E-state index is 11.0. The van der Waals surface area contributed by atoms with E-state index in [-0.39, 0.29) is 17.6 Å². The third-order valence-electron chi connectivity index (χ3n) is 3.14. The number of carbonyl (C=O) groups is 1. The Morgan fingerprint density at radius 2 is 2.09 bits per heavy atom. The molecule has 0 aliphatic heterocycles. The van der Waals surface area contributed by atoms with Gasteiger partial charge in [0.1, 0.15) is 5.25 Å². The second-order valence-electron chi connectivity index (χ2n) is 5.06. The third kappa shape index (κ3) is 4.58. The number of nitriles is 1. The number of hydrogen-bond acceptors (Lipinski definition) is 5. The topological polar surface area (TPSA) is 79.8 Å². The molecule has 0 bridgehead atoms. The van der Waals surface area contributed by atoms with E-state index in [9.17, 15) is 10.1 Å². The first-order chi connectivity index (χ1) is 10.5. The minimum absolute atomic E-state index is 0.199. The molecule has 0 fully saturated rings. The van der Waals surface area contributed by atoms with Crippen LogP contribution >= 0.6 is 23.1 Å². The predicted octanol–water partition coefficient (Wildman–Crippen LogP) is 3.01. The molecule has 2 N–H and O–H groups in total. The lowest BCUT2D eigenvalue weighted by molar-refractivity contribution is -0.117. The molecule has 0 radical (unpaired) electrons. The van der Waals surface area contributed by atoms with Crippen LogP contribution in [0.4, 0.5) is 0 Å². The first-order valence-corrected chi connectivity index (χ1v) is 8.54. The Balaban J connectivity index is 2.05. The van der Waals surface area contributed by atoms with E-state index < -0.39 is 0 Å². The normalized spacial score (nSPS) is 11.9. The molecule has 1 unspecified atom stereocenters. The molecule has 0 saturated heterocycles. The average molecular weight is 331 g/mol. The van der Waals surface area contributed by atoms with Gasteiger partial charge in [-0.2, -0.15) is 5.26 Å². The minimum Gasteiger partial charge on any atom is -0.369 e. The van der Waals surface area contributed by atoms with E-state index in [1.807, 2.05) is 38.1 Å². The number of hydrogen-bond donors (Lipinski definition) is 1. The van der Waals surface area contributed by atoms with Gasteiger partial charge in [0.25, 0.3) is 0 Å². The average Bonchev–Trinajstić information content (AvgIpc) is 2.79. The number of aromatic nitrogens is 1. The van der Waals surface area contributed by atoms with Crippen molar-refractivity contribution in [3.63, 3.8) is 0 Å². The number of carbonyl (C=O) groups excluding carboxylic acids is 1. The van der Waals surface area contributed by atoms with Crippen LogP contribution in [-0.4, -0.2) is 16.1 Å². The Kier molecular flexibility index (Phi) is 5.58. The Bertz CT molecular complexity index is 701. The monoisotopic (exact) mass is 331 g/mol. The molecule has 22 heavy (non-hydrogen) atoms. The van der Waals surface area contributed by atoms with Crippen molar-refractivity contribution >= 4 is 29.0 Å². The van der Waals surface area contributed by atoms with Gasteiger partial charge >= 0.3 is 0 Å². The summed E-state index contributed by atoms with van der Waals surface area (Å²) in [6, 6.07) is 10.5. The van der Waals surface area contributed by atoms with Crippen molar-refractivity contribution in [3.8, 4) is 6.07 Å². The van der Waals surface area contributed by atoms with Gasteiger partial charge in [0.15, 0.2) is 4.34 Å². The number of primary amides is 1. The molecular weight excluding hydrogens is 314 g/mol. The second-order valence-corrected chi connectivity index (χ2v) is 7.59. The number of thiazole rings is 1. The number of benzene rings is 1. The highest BCUT2D eigenvalue weighted by Crippen LogP contribution is 2.31. The maximum Gasteiger partial charge on any atom is 0.222 e. The summed E-state index contributed by atoms with van der Waals surface area (Å²) in [5.41, 5.74) is 8.38. The summed E-state index contributed by atoms with van der Waals surface area (Å²) in [4.78, 5) is 16.3. The van der Waals surface area contributed by atoms with Crippen LogP contribution in [0.2, 0.25) is 0 Å². The first-order valence-electron chi connectivity index (χ1n) is 6.84. The molecular formula is C16H17N3OS2. The van der Waals surface area contributed by atoms with Crippen LogP contribution < -0.4 is 5.73 Å². The van der Waals surface area contributed by atoms with E-state index in [4.69, 9.17) is 5.73 Å². The zero-order valence-electron chi connectivity index (χ0n) is 12.5. The molecule has 0 aliphatic rings. The van der Waals surface area contributed by atoms with Crippen LogP contribution in [0, 0.1) is 25.2 Å². The van der Waals surface area contributed by atoms with E-state index in [1.165, 1.54) is 28.7 Å². The van der Waals surface area contributed by atoms with E-state index in [0.29, 0.717) is 6.42 Å². The molecule has 0 aliphatic carbocycles. The molecule has 0 spiro atoms. The van der Waals surface area contributed by atoms with Crippen molar-refractivity contribution in [2.24, 2.45) is 5.73 Å². The molecule has 1 amide bonds. The second kappa shape index (κ2) is 7.43. The van der Waals surface area contributed by atoms with Gasteiger partial charge in [-0.05, 0) is 25.8 Å². The summed E-state index contributed by atoms with van der Waals surface area (Å²) >= 11 is 2.89.